The third-order valence-electron chi connectivity index (χ3n) is 4.63. The second kappa shape index (κ2) is 6.67. The van der Waals surface area contributed by atoms with E-state index in [1.54, 1.807) is 0 Å². The van der Waals surface area contributed by atoms with Crippen molar-refractivity contribution < 1.29 is 13.9 Å². The average molecular weight is 354 g/mol. The van der Waals surface area contributed by atoms with Gasteiger partial charge in [-0.2, -0.15) is 0 Å². The highest BCUT2D eigenvalue weighted by Gasteiger charge is 2.27. The molecule has 4 nitrogen and oxygen atoms in total. The summed E-state index contributed by atoms with van der Waals surface area (Å²) in [4.78, 5) is 12.6. The molecule has 2 heterocycles. The lowest BCUT2D eigenvalue weighted by Crippen LogP contribution is -2.28. The first-order valence-electron chi connectivity index (χ1n) is 9.06. The van der Waals surface area contributed by atoms with Gasteiger partial charge in [0.2, 0.25) is 5.75 Å². The minimum atomic E-state index is -0.459. The van der Waals surface area contributed by atoms with Gasteiger partial charge in [-0.25, -0.2) is 4.79 Å². The van der Waals surface area contributed by atoms with Crippen LogP contribution in [0.15, 0.2) is 39.6 Å². The van der Waals surface area contributed by atoms with Crippen LogP contribution in [0.3, 0.4) is 0 Å². The summed E-state index contributed by atoms with van der Waals surface area (Å²) >= 11 is 0. The first kappa shape index (κ1) is 18.3. The van der Waals surface area contributed by atoms with Gasteiger partial charge in [-0.15, -0.1) is 0 Å². The second-order valence-corrected chi connectivity index (χ2v) is 7.45. The minimum Gasteiger partial charge on any atom is -0.482 e. The topological polar surface area (TPSA) is 48.7 Å². The van der Waals surface area contributed by atoms with Crippen molar-refractivity contribution in [3.05, 3.63) is 51.9 Å². The van der Waals surface area contributed by atoms with Gasteiger partial charge >= 0.3 is 5.63 Å². The van der Waals surface area contributed by atoms with E-state index in [4.69, 9.17) is 13.9 Å². The van der Waals surface area contributed by atoms with Crippen LogP contribution in [0.2, 0.25) is 0 Å². The Morgan fingerprint density at radius 3 is 2.73 bits per heavy atom. The first-order chi connectivity index (χ1) is 12.2. The molecule has 1 atom stereocenters. The highest BCUT2D eigenvalue weighted by atomic mass is 16.5. The zero-order valence-corrected chi connectivity index (χ0v) is 16.1. The molecule has 0 N–H and O–H groups in total. The van der Waals surface area contributed by atoms with Gasteiger partial charge in [0, 0.05) is 11.1 Å². The molecule has 1 aromatic carbocycles. The van der Waals surface area contributed by atoms with Gasteiger partial charge in [-0.3, -0.25) is 0 Å². The van der Waals surface area contributed by atoms with Crippen LogP contribution < -0.4 is 15.1 Å². The fourth-order valence-electron chi connectivity index (χ4n) is 3.05. The van der Waals surface area contributed by atoms with Gasteiger partial charge in [-0.05, 0) is 57.9 Å². The van der Waals surface area contributed by atoms with Crippen LogP contribution in [0.5, 0.6) is 11.5 Å². The van der Waals surface area contributed by atoms with E-state index in [1.807, 2.05) is 45.9 Å². The normalized spacial score (nSPS) is 16.0. The summed E-state index contributed by atoms with van der Waals surface area (Å²) in [6.45, 7) is 13.8. The smallest absolute Gasteiger partial charge is 0.379 e. The predicted molar refractivity (Wildman–Crippen MR) is 105 cm³/mol. The molecule has 138 valence electrons. The van der Waals surface area contributed by atoms with Crippen LogP contribution >= 0.6 is 0 Å². The summed E-state index contributed by atoms with van der Waals surface area (Å²) in [5.74, 6) is 1.01. The molecule has 0 saturated heterocycles. The Labute approximate surface area is 154 Å². The lowest BCUT2D eigenvalue weighted by atomic mass is 9.97. The highest BCUT2D eigenvalue weighted by molar-refractivity contribution is 5.92. The number of fused-ring (bicyclic) bond motifs is 3. The zero-order valence-electron chi connectivity index (χ0n) is 16.1. The fourth-order valence-corrected chi connectivity index (χ4v) is 3.05. The van der Waals surface area contributed by atoms with E-state index in [9.17, 15) is 4.79 Å². The van der Waals surface area contributed by atoms with Crippen molar-refractivity contribution in [1.29, 1.82) is 0 Å². The summed E-state index contributed by atoms with van der Waals surface area (Å²) in [7, 11) is 0. The minimum absolute atomic E-state index is 0.263. The van der Waals surface area contributed by atoms with Crippen molar-refractivity contribution in [3.63, 3.8) is 0 Å². The Morgan fingerprint density at radius 1 is 1.35 bits per heavy atom. The summed E-state index contributed by atoms with van der Waals surface area (Å²) in [6.07, 6.45) is 5.38. The molecule has 2 aromatic rings. The van der Waals surface area contributed by atoms with Gasteiger partial charge in [0.25, 0.3) is 0 Å². The Morgan fingerprint density at radius 2 is 2.08 bits per heavy atom. The van der Waals surface area contributed by atoms with Crippen molar-refractivity contribution in [2.24, 2.45) is 0 Å². The van der Waals surface area contributed by atoms with Gasteiger partial charge in [0.1, 0.15) is 23.0 Å². The Bertz CT molecular complexity index is 947. The molecule has 26 heavy (non-hydrogen) atoms. The Balaban J connectivity index is 2.31. The largest absolute Gasteiger partial charge is 0.482 e. The van der Waals surface area contributed by atoms with E-state index in [0.29, 0.717) is 12.0 Å². The maximum atomic E-state index is 12.6. The van der Waals surface area contributed by atoms with E-state index >= 15 is 0 Å². The molecule has 0 saturated carbocycles. The molecule has 1 aliphatic heterocycles. The SMILES string of the molecule is C=C(C)[C@H](C)Oc1c(CCC)c2c3c(ccc2oc1=O)C=CC(C)(C)O3. The number of rotatable bonds is 5. The third-order valence-corrected chi connectivity index (χ3v) is 4.63. The quantitative estimate of drug-likeness (QED) is 0.542. The van der Waals surface area contributed by atoms with E-state index in [-0.39, 0.29) is 11.9 Å². The molecule has 0 aliphatic carbocycles. The van der Waals surface area contributed by atoms with Crippen molar-refractivity contribution in [2.75, 3.05) is 0 Å². The molecule has 0 radical (unpaired) electrons. The highest BCUT2D eigenvalue weighted by Crippen LogP contribution is 2.41. The lowest BCUT2D eigenvalue weighted by molar-refractivity contribution is 0.161. The lowest BCUT2D eigenvalue weighted by Gasteiger charge is -2.29. The average Bonchev–Trinajstić information content (AvgIpc) is 2.56. The van der Waals surface area contributed by atoms with E-state index in [0.717, 1.165) is 34.3 Å². The van der Waals surface area contributed by atoms with Crippen molar-refractivity contribution >= 4 is 17.0 Å². The van der Waals surface area contributed by atoms with Crippen LogP contribution in [-0.2, 0) is 6.42 Å². The maximum Gasteiger partial charge on any atom is 0.379 e. The predicted octanol–water partition coefficient (Wildman–Crippen LogP) is 5.27. The van der Waals surface area contributed by atoms with E-state index in [2.05, 4.69) is 19.6 Å². The van der Waals surface area contributed by atoms with E-state index in [1.165, 1.54) is 0 Å². The molecule has 1 aromatic heterocycles. The van der Waals surface area contributed by atoms with Crippen LogP contribution in [0.25, 0.3) is 17.0 Å². The van der Waals surface area contributed by atoms with Crippen molar-refractivity contribution in [2.45, 2.75) is 59.2 Å². The van der Waals surface area contributed by atoms with Crippen LogP contribution in [-0.4, -0.2) is 11.7 Å². The maximum absolute atomic E-state index is 12.6. The number of hydrogen-bond donors (Lipinski definition) is 0. The first-order valence-corrected chi connectivity index (χ1v) is 9.06. The van der Waals surface area contributed by atoms with Crippen molar-refractivity contribution in [3.8, 4) is 11.5 Å². The summed E-state index contributed by atoms with van der Waals surface area (Å²) in [5.41, 5.74) is 2.31. The summed E-state index contributed by atoms with van der Waals surface area (Å²) in [5, 5.41) is 0.824. The molecule has 0 unspecified atom stereocenters. The zero-order chi connectivity index (χ0) is 19.1. The van der Waals surface area contributed by atoms with Crippen LogP contribution in [0.1, 0.15) is 52.2 Å². The molecule has 0 bridgehead atoms. The van der Waals surface area contributed by atoms with Crippen LogP contribution in [0, 0.1) is 0 Å². The van der Waals surface area contributed by atoms with Gasteiger partial charge in [0.05, 0.1) is 5.39 Å². The molecule has 0 amide bonds. The summed E-state index contributed by atoms with van der Waals surface area (Å²) < 4.78 is 17.8. The molecule has 4 heteroatoms. The molecule has 0 fully saturated rings. The molecular formula is C22H26O4. The molecular weight excluding hydrogens is 328 g/mol. The number of aryl methyl sites for hydroxylation is 1. The fraction of sp³-hybridized carbons (Fsp3) is 0.409. The van der Waals surface area contributed by atoms with Crippen molar-refractivity contribution in [1.82, 2.24) is 0 Å². The van der Waals surface area contributed by atoms with Gasteiger partial charge in [-0.1, -0.05) is 26.0 Å². The number of hydrogen-bond acceptors (Lipinski definition) is 4. The molecule has 3 rings (SSSR count). The second-order valence-electron chi connectivity index (χ2n) is 7.45. The summed E-state index contributed by atoms with van der Waals surface area (Å²) in [6, 6.07) is 3.74. The Hall–Kier alpha value is -2.49. The van der Waals surface area contributed by atoms with Gasteiger partial charge in [0.15, 0.2) is 0 Å². The Kier molecular flexibility index (Phi) is 4.70. The van der Waals surface area contributed by atoms with Crippen LogP contribution in [0.4, 0.5) is 0 Å². The number of ether oxygens (including phenoxy) is 2. The van der Waals surface area contributed by atoms with E-state index < -0.39 is 11.2 Å². The molecule has 1 aliphatic rings. The number of benzene rings is 1. The monoisotopic (exact) mass is 354 g/mol. The molecule has 0 spiro atoms. The third kappa shape index (κ3) is 3.28. The standard InChI is InChI=1S/C22H26O4/c1-7-8-16-18-17(25-21(23)20(16)24-14(4)13(2)3)10-9-15-11-12-22(5,6)26-19(15)18/h9-12,14H,2,7-8H2,1,3-6H3/t14-/m0/s1. The van der Waals surface area contributed by atoms with Gasteiger partial charge < -0.3 is 13.9 Å².